The van der Waals surface area contributed by atoms with Crippen molar-refractivity contribution in [2.75, 3.05) is 0 Å². The van der Waals surface area contributed by atoms with Gasteiger partial charge in [-0.1, -0.05) is 47.0 Å². The zero-order valence-electron chi connectivity index (χ0n) is 19.7. The van der Waals surface area contributed by atoms with E-state index >= 15 is 0 Å². The summed E-state index contributed by atoms with van der Waals surface area (Å²) in [4.78, 5) is 21.5. The third kappa shape index (κ3) is 5.25. The number of aliphatic carboxylic acids is 1. The number of nitrogens with zero attached hydrogens (tertiary/aromatic N) is 3. The van der Waals surface area contributed by atoms with Crippen LogP contribution < -0.4 is 4.74 Å². The molecule has 180 valence electrons. The maximum absolute atomic E-state index is 12.1. The minimum absolute atomic E-state index is 0.109. The van der Waals surface area contributed by atoms with Gasteiger partial charge in [-0.2, -0.15) is 0 Å². The van der Waals surface area contributed by atoms with Crippen molar-refractivity contribution < 1.29 is 14.6 Å². The number of hydrogen-bond acceptors (Lipinski definition) is 4. The van der Waals surface area contributed by atoms with Crippen LogP contribution in [0, 0.1) is 12.8 Å². The standard InChI is InChI=1S/C28H28BrN3O3/c1-18-9-10-21(30-15-18)17-35-22-11-12-25-26(14-22)32(16-19-5-4-6-20(29)13-19)27(31-25)23-7-2-3-8-24(23)28(33)34/h4-6,9-15,23-24H,2-3,7-8,16-17H2,1H3,(H,33,34)/t23-,24+/m1/s1. The summed E-state index contributed by atoms with van der Waals surface area (Å²) in [5.74, 6) is 0.335. The number of carbonyl (C=O) groups is 1. The maximum atomic E-state index is 12.1. The Balaban J connectivity index is 1.53. The predicted molar refractivity (Wildman–Crippen MR) is 139 cm³/mol. The van der Waals surface area contributed by atoms with E-state index in [0.29, 0.717) is 19.6 Å². The number of pyridine rings is 1. The van der Waals surface area contributed by atoms with Crippen molar-refractivity contribution >= 4 is 32.9 Å². The first-order chi connectivity index (χ1) is 17.0. The normalized spacial score (nSPS) is 18.0. The summed E-state index contributed by atoms with van der Waals surface area (Å²) in [6.07, 6.45) is 5.33. The monoisotopic (exact) mass is 533 g/mol. The van der Waals surface area contributed by atoms with Crippen molar-refractivity contribution in [3.8, 4) is 5.75 Å². The van der Waals surface area contributed by atoms with Gasteiger partial charge in [-0.05, 0) is 61.2 Å². The average Bonchev–Trinajstić information content (AvgIpc) is 3.21. The van der Waals surface area contributed by atoms with E-state index in [1.54, 1.807) is 0 Å². The average molecular weight is 534 g/mol. The third-order valence-electron chi connectivity index (χ3n) is 6.75. The minimum Gasteiger partial charge on any atom is -0.487 e. The quantitative estimate of drug-likeness (QED) is 0.293. The van der Waals surface area contributed by atoms with Crippen LogP contribution in [-0.2, 0) is 17.9 Å². The van der Waals surface area contributed by atoms with Gasteiger partial charge in [0, 0.05) is 29.2 Å². The lowest BCUT2D eigenvalue weighted by Gasteiger charge is -2.28. The van der Waals surface area contributed by atoms with Crippen molar-refractivity contribution in [1.82, 2.24) is 14.5 Å². The first kappa shape index (κ1) is 23.5. The Morgan fingerprint density at radius 3 is 2.77 bits per heavy atom. The van der Waals surface area contributed by atoms with Crippen LogP contribution in [0.5, 0.6) is 5.75 Å². The van der Waals surface area contributed by atoms with Crippen molar-refractivity contribution in [2.24, 2.45) is 5.92 Å². The predicted octanol–water partition coefficient (Wildman–Crippen LogP) is 6.49. The van der Waals surface area contributed by atoms with E-state index < -0.39 is 11.9 Å². The molecule has 0 bridgehead atoms. The molecule has 5 rings (SSSR count). The van der Waals surface area contributed by atoms with Crippen molar-refractivity contribution in [2.45, 2.75) is 51.7 Å². The third-order valence-corrected chi connectivity index (χ3v) is 7.25. The van der Waals surface area contributed by atoms with Crippen molar-refractivity contribution in [3.63, 3.8) is 0 Å². The van der Waals surface area contributed by atoms with E-state index in [4.69, 9.17) is 9.72 Å². The summed E-state index contributed by atoms with van der Waals surface area (Å²) >= 11 is 3.57. The lowest BCUT2D eigenvalue weighted by atomic mass is 9.78. The molecule has 4 aromatic rings. The van der Waals surface area contributed by atoms with Crippen molar-refractivity contribution in [1.29, 1.82) is 0 Å². The summed E-state index contributed by atoms with van der Waals surface area (Å²) in [5, 5.41) is 9.93. The van der Waals surface area contributed by atoms with Gasteiger partial charge in [0.25, 0.3) is 0 Å². The van der Waals surface area contributed by atoms with E-state index in [0.717, 1.165) is 63.2 Å². The van der Waals surface area contributed by atoms with Crippen LogP contribution in [0.2, 0.25) is 0 Å². The molecule has 1 fully saturated rings. The lowest BCUT2D eigenvalue weighted by Crippen LogP contribution is -2.27. The molecule has 0 amide bonds. The van der Waals surface area contributed by atoms with Gasteiger partial charge in [-0.3, -0.25) is 9.78 Å². The van der Waals surface area contributed by atoms with E-state index in [2.05, 4.69) is 37.6 Å². The molecule has 0 saturated heterocycles. The number of carboxylic acid groups (broad SMARTS) is 1. The van der Waals surface area contributed by atoms with Gasteiger partial charge >= 0.3 is 5.97 Å². The van der Waals surface area contributed by atoms with E-state index in [1.807, 2.05) is 55.6 Å². The number of imidazole rings is 1. The number of aromatic nitrogens is 3. The highest BCUT2D eigenvalue weighted by Gasteiger charge is 2.35. The van der Waals surface area contributed by atoms with Gasteiger partial charge in [0.1, 0.15) is 18.2 Å². The SMILES string of the molecule is Cc1ccc(COc2ccc3nc([C@@H]4CCCC[C@@H]4C(=O)O)n(Cc4cccc(Br)c4)c3c2)nc1. The molecule has 0 unspecified atom stereocenters. The fourth-order valence-corrected chi connectivity index (χ4v) is 5.40. The summed E-state index contributed by atoms with van der Waals surface area (Å²) in [5.41, 5.74) is 4.90. The second-order valence-electron chi connectivity index (χ2n) is 9.29. The summed E-state index contributed by atoms with van der Waals surface area (Å²) < 4.78 is 9.26. The topological polar surface area (TPSA) is 77.2 Å². The number of aryl methyl sites for hydroxylation is 1. The highest BCUT2D eigenvalue weighted by molar-refractivity contribution is 9.10. The number of rotatable bonds is 7. The second kappa shape index (κ2) is 10.2. The van der Waals surface area contributed by atoms with Gasteiger partial charge in [0.05, 0.1) is 22.6 Å². The zero-order chi connectivity index (χ0) is 24.4. The van der Waals surface area contributed by atoms with E-state index in [-0.39, 0.29) is 5.92 Å². The number of fused-ring (bicyclic) bond motifs is 1. The molecular weight excluding hydrogens is 506 g/mol. The van der Waals surface area contributed by atoms with Crippen molar-refractivity contribution in [3.05, 3.63) is 87.9 Å². The maximum Gasteiger partial charge on any atom is 0.307 e. The molecule has 0 aliphatic heterocycles. The van der Waals surface area contributed by atoms with Gasteiger partial charge in [-0.15, -0.1) is 0 Å². The van der Waals surface area contributed by atoms with E-state index in [1.165, 1.54) is 0 Å². The van der Waals surface area contributed by atoms with Crippen LogP contribution in [0.3, 0.4) is 0 Å². The van der Waals surface area contributed by atoms with Crippen LogP contribution in [0.25, 0.3) is 11.0 Å². The summed E-state index contributed by atoms with van der Waals surface area (Å²) in [6, 6.07) is 18.1. The molecule has 1 aliphatic rings. The molecule has 2 aromatic carbocycles. The second-order valence-corrected chi connectivity index (χ2v) is 10.2. The molecule has 0 radical (unpaired) electrons. The first-order valence-electron chi connectivity index (χ1n) is 12.0. The highest BCUT2D eigenvalue weighted by Crippen LogP contribution is 2.39. The first-order valence-corrected chi connectivity index (χ1v) is 12.8. The Kier molecular flexibility index (Phi) is 6.86. The largest absolute Gasteiger partial charge is 0.487 e. The minimum atomic E-state index is -0.731. The molecule has 7 heteroatoms. The van der Waals surface area contributed by atoms with Gasteiger partial charge in [0.2, 0.25) is 0 Å². The Bertz CT molecular complexity index is 1350. The Labute approximate surface area is 213 Å². The Morgan fingerprint density at radius 1 is 1.14 bits per heavy atom. The molecule has 0 spiro atoms. The number of halogens is 1. The lowest BCUT2D eigenvalue weighted by molar-refractivity contribution is -0.143. The fraction of sp³-hybridized carbons (Fsp3) is 0.321. The molecule has 1 saturated carbocycles. The molecule has 2 heterocycles. The van der Waals surface area contributed by atoms with Crippen LogP contribution in [0.4, 0.5) is 0 Å². The molecule has 1 aliphatic carbocycles. The van der Waals surface area contributed by atoms with Crippen LogP contribution in [0.1, 0.15) is 54.2 Å². The van der Waals surface area contributed by atoms with Crippen LogP contribution in [-0.4, -0.2) is 25.6 Å². The van der Waals surface area contributed by atoms with Gasteiger partial charge in [-0.25, -0.2) is 4.98 Å². The molecule has 2 aromatic heterocycles. The number of carboxylic acids is 1. The molecular formula is C28H28BrN3O3. The Morgan fingerprint density at radius 2 is 2.00 bits per heavy atom. The van der Waals surface area contributed by atoms with Crippen LogP contribution in [0.15, 0.2) is 65.3 Å². The summed E-state index contributed by atoms with van der Waals surface area (Å²) in [7, 11) is 0. The number of benzene rings is 2. The van der Waals surface area contributed by atoms with Crippen LogP contribution >= 0.6 is 15.9 Å². The molecule has 6 nitrogen and oxygen atoms in total. The summed E-state index contributed by atoms with van der Waals surface area (Å²) in [6.45, 7) is 3.00. The van der Waals surface area contributed by atoms with Gasteiger partial charge in [0.15, 0.2) is 0 Å². The van der Waals surface area contributed by atoms with Gasteiger partial charge < -0.3 is 14.4 Å². The smallest absolute Gasteiger partial charge is 0.307 e. The zero-order valence-corrected chi connectivity index (χ0v) is 21.2. The molecule has 35 heavy (non-hydrogen) atoms. The highest BCUT2D eigenvalue weighted by atomic mass is 79.9. The molecule has 2 atom stereocenters. The van der Waals surface area contributed by atoms with E-state index in [9.17, 15) is 9.90 Å². The molecule has 1 N–H and O–H groups in total. The number of ether oxygens (including phenoxy) is 1. The Hall–Kier alpha value is -3.19. The fourth-order valence-electron chi connectivity index (χ4n) is 4.95. The number of hydrogen-bond donors (Lipinski definition) is 1.